The van der Waals surface area contributed by atoms with Gasteiger partial charge in [0.1, 0.15) is 18.4 Å². The lowest BCUT2D eigenvalue weighted by atomic mass is 10.1. The van der Waals surface area contributed by atoms with Crippen molar-refractivity contribution >= 4 is 27.5 Å². The standard InChI is InChI=1S/C24H32FN3O4S/c1-18(23(30)26-24(2,3)4)27(16-15-19-9-7-6-8-10-19)22(29)17-28(33(5,31)32)21-13-11-20(25)12-14-21/h6-14,18H,15-17H2,1-5H3,(H,26,30). The Balaban J connectivity index is 2.31. The van der Waals surface area contributed by atoms with Crippen molar-refractivity contribution in [1.29, 1.82) is 0 Å². The summed E-state index contributed by atoms with van der Waals surface area (Å²) in [5, 5.41) is 2.87. The molecule has 2 rings (SSSR count). The number of carbonyl (C=O) groups is 2. The quantitative estimate of drug-likeness (QED) is 0.602. The zero-order valence-corrected chi connectivity index (χ0v) is 20.5. The number of hydrogen-bond acceptors (Lipinski definition) is 4. The summed E-state index contributed by atoms with van der Waals surface area (Å²) in [5.74, 6) is -1.38. The summed E-state index contributed by atoms with van der Waals surface area (Å²) in [4.78, 5) is 27.6. The second-order valence-corrected chi connectivity index (χ2v) is 10.9. The number of nitrogens with one attached hydrogen (secondary N) is 1. The van der Waals surface area contributed by atoms with Crippen molar-refractivity contribution in [2.24, 2.45) is 0 Å². The molecule has 0 spiro atoms. The number of nitrogens with zero attached hydrogens (tertiary/aromatic N) is 2. The van der Waals surface area contributed by atoms with Crippen molar-refractivity contribution in [3.05, 3.63) is 66.0 Å². The molecule has 33 heavy (non-hydrogen) atoms. The van der Waals surface area contributed by atoms with Crippen LogP contribution in [0.15, 0.2) is 54.6 Å². The minimum Gasteiger partial charge on any atom is -0.350 e. The summed E-state index contributed by atoms with van der Waals surface area (Å²) in [6, 6.07) is 13.5. The summed E-state index contributed by atoms with van der Waals surface area (Å²) >= 11 is 0. The Morgan fingerprint density at radius 1 is 1.03 bits per heavy atom. The van der Waals surface area contributed by atoms with E-state index in [2.05, 4.69) is 5.32 Å². The van der Waals surface area contributed by atoms with Gasteiger partial charge in [0.05, 0.1) is 11.9 Å². The minimum atomic E-state index is -3.84. The highest BCUT2D eigenvalue weighted by Crippen LogP contribution is 2.19. The lowest BCUT2D eigenvalue weighted by molar-refractivity contribution is -0.139. The molecule has 0 aromatic heterocycles. The van der Waals surface area contributed by atoms with Crippen LogP contribution in [0.2, 0.25) is 0 Å². The second-order valence-electron chi connectivity index (χ2n) is 8.98. The first-order valence-electron chi connectivity index (χ1n) is 10.7. The Morgan fingerprint density at radius 3 is 2.12 bits per heavy atom. The van der Waals surface area contributed by atoms with Crippen molar-refractivity contribution in [1.82, 2.24) is 10.2 Å². The van der Waals surface area contributed by atoms with Crippen LogP contribution >= 0.6 is 0 Å². The highest BCUT2D eigenvalue weighted by Gasteiger charge is 2.31. The predicted molar refractivity (Wildman–Crippen MR) is 128 cm³/mol. The van der Waals surface area contributed by atoms with Crippen LogP contribution in [0.5, 0.6) is 0 Å². The van der Waals surface area contributed by atoms with Gasteiger partial charge < -0.3 is 10.2 Å². The summed E-state index contributed by atoms with van der Waals surface area (Å²) in [6.45, 7) is 6.86. The summed E-state index contributed by atoms with van der Waals surface area (Å²) < 4.78 is 39.1. The van der Waals surface area contributed by atoms with Crippen molar-refractivity contribution < 1.29 is 22.4 Å². The van der Waals surface area contributed by atoms with Gasteiger partial charge in [0.25, 0.3) is 0 Å². The molecule has 0 aliphatic rings. The molecule has 1 N–H and O–H groups in total. The highest BCUT2D eigenvalue weighted by molar-refractivity contribution is 7.92. The van der Waals surface area contributed by atoms with Crippen molar-refractivity contribution in [3.63, 3.8) is 0 Å². The molecule has 0 saturated heterocycles. The van der Waals surface area contributed by atoms with Crippen molar-refractivity contribution in [2.45, 2.75) is 45.7 Å². The van der Waals surface area contributed by atoms with Crippen LogP contribution < -0.4 is 9.62 Å². The first-order chi connectivity index (χ1) is 15.3. The van der Waals surface area contributed by atoms with E-state index in [1.807, 2.05) is 51.1 Å². The summed E-state index contributed by atoms with van der Waals surface area (Å²) in [5.41, 5.74) is 0.658. The summed E-state index contributed by atoms with van der Waals surface area (Å²) in [7, 11) is -3.84. The maximum atomic E-state index is 13.3. The van der Waals surface area contributed by atoms with E-state index < -0.39 is 39.9 Å². The Hall–Kier alpha value is -2.94. The average molecular weight is 478 g/mol. The van der Waals surface area contributed by atoms with Gasteiger partial charge in [-0.05, 0) is 63.9 Å². The molecular formula is C24H32FN3O4S. The third-order valence-electron chi connectivity index (χ3n) is 4.94. The van der Waals surface area contributed by atoms with E-state index in [1.54, 1.807) is 6.92 Å². The van der Waals surface area contributed by atoms with Crippen LogP contribution in [0.3, 0.4) is 0 Å². The molecule has 9 heteroatoms. The van der Waals surface area contributed by atoms with E-state index in [-0.39, 0.29) is 18.1 Å². The fourth-order valence-electron chi connectivity index (χ4n) is 3.27. The van der Waals surface area contributed by atoms with Crippen molar-refractivity contribution in [2.75, 3.05) is 23.7 Å². The smallest absolute Gasteiger partial charge is 0.244 e. The van der Waals surface area contributed by atoms with E-state index in [1.165, 1.54) is 17.0 Å². The number of halogens is 1. The molecule has 2 amide bonds. The minimum absolute atomic E-state index is 0.169. The van der Waals surface area contributed by atoms with Crippen LogP contribution in [0.25, 0.3) is 0 Å². The van der Waals surface area contributed by atoms with Gasteiger partial charge in [-0.1, -0.05) is 30.3 Å². The largest absolute Gasteiger partial charge is 0.350 e. The Bertz CT molecular complexity index is 1050. The van der Waals surface area contributed by atoms with Crippen molar-refractivity contribution in [3.8, 4) is 0 Å². The van der Waals surface area contributed by atoms with Crippen LogP contribution in [0.1, 0.15) is 33.3 Å². The number of benzene rings is 2. The fourth-order valence-corrected chi connectivity index (χ4v) is 4.11. The molecule has 1 unspecified atom stereocenters. The molecule has 7 nitrogen and oxygen atoms in total. The van der Waals surface area contributed by atoms with Gasteiger partial charge in [-0.15, -0.1) is 0 Å². The average Bonchev–Trinajstić information content (AvgIpc) is 2.71. The molecule has 0 aliphatic carbocycles. The van der Waals surface area contributed by atoms with Gasteiger partial charge in [0.15, 0.2) is 0 Å². The third kappa shape index (κ3) is 8.16. The monoisotopic (exact) mass is 477 g/mol. The van der Waals surface area contributed by atoms with Crippen LogP contribution in [-0.4, -0.2) is 56.1 Å². The number of amides is 2. The SMILES string of the molecule is CC(C(=O)NC(C)(C)C)N(CCc1ccccc1)C(=O)CN(c1ccc(F)cc1)S(C)(=O)=O. The second kappa shape index (κ2) is 10.8. The van der Waals surface area contributed by atoms with Gasteiger partial charge in [-0.25, -0.2) is 12.8 Å². The van der Waals surface area contributed by atoms with E-state index in [4.69, 9.17) is 0 Å². The maximum Gasteiger partial charge on any atom is 0.244 e. The summed E-state index contributed by atoms with van der Waals surface area (Å²) in [6.07, 6.45) is 1.48. The molecule has 0 bridgehead atoms. The molecule has 0 fully saturated rings. The van der Waals surface area contributed by atoms with Gasteiger partial charge in [-0.2, -0.15) is 0 Å². The third-order valence-corrected chi connectivity index (χ3v) is 6.08. The molecule has 1 atom stereocenters. The molecule has 2 aromatic carbocycles. The van der Waals surface area contributed by atoms with Crippen LogP contribution in [-0.2, 0) is 26.0 Å². The highest BCUT2D eigenvalue weighted by atomic mass is 32.2. The van der Waals surface area contributed by atoms with E-state index in [0.717, 1.165) is 28.3 Å². The Kier molecular flexibility index (Phi) is 8.60. The maximum absolute atomic E-state index is 13.3. The van der Waals surface area contributed by atoms with E-state index in [0.29, 0.717) is 6.42 Å². The number of rotatable bonds is 9. The van der Waals surface area contributed by atoms with Gasteiger partial charge in [-0.3, -0.25) is 13.9 Å². The normalized spacial score (nSPS) is 12.7. The molecule has 0 aliphatic heterocycles. The van der Waals surface area contributed by atoms with Crippen LogP contribution in [0.4, 0.5) is 10.1 Å². The zero-order chi connectivity index (χ0) is 24.8. The molecular weight excluding hydrogens is 445 g/mol. The lowest BCUT2D eigenvalue weighted by Gasteiger charge is -2.33. The predicted octanol–water partition coefficient (Wildman–Crippen LogP) is 2.97. The first-order valence-corrected chi connectivity index (χ1v) is 12.5. The molecule has 0 saturated carbocycles. The fraction of sp³-hybridized carbons (Fsp3) is 0.417. The molecule has 180 valence electrons. The molecule has 2 aromatic rings. The number of sulfonamides is 1. The Labute approximate surface area is 195 Å². The van der Waals surface area contributed by atoms with Gasteiger partial charge in [0, 0.05) is 12.1 Å². The van der Waals surface area contributed by atoms with Crippen LogP contribution in [0, 0.1) is 5.82 Å². The van der Waals surface area contributed by atoms with Gasteiger partial charge in [0.2, 0.25) is 21.8 Å². The number of hydrogen-bond donors (Lipinski definition) is 1. The Morgan fingerprint density at radius 2 is 1.61 bits per heavy atom. The number of carbonyl (C=O) groups excluding carboxylic acids is 2. The van der Waals surface area contributed by atoms with E-state index in [9.17, 15) is 22.4 Å². The lowest BCUT2D eigenvalue weighted by Crippen LogP contribution is -2.55. The van der Waals surface area contributed by atoms with Gasteiger partial charge >= 0.3 is 0 Å². The molecule has 0 radical (unpaired) electrons. The first kappa shape index (κ1) is 26.3. The topological polar surface area (TPSA) is 86.8 Å². The zero-order valence-electron chi connectivity index (χ0n) is 19.7. The number of anilines is 1. The van der Waals surface area contributed by atoms with E-state index >= 15 is 0 Å². The molecule has 0 heterocycles.